The first-order valence-electron chi connectivity index (χ1n) is 7.22. The van der Waals surface area contributed by atoms with Crippen molar-refractivity contribution in [2.45, 2.75) is 57.9 Å². The highest BCUT2D eigenvalue weighted by Gasteiger charge is 2.46. The van der Waals surface area contributed by atoms with E-state index >= 15 is 0 Å². The van der Waals surface area contributed by atoms with Crippen LogP contribution in [0.2, 0.25) is 0 Å². The first-order chi connectivity index (χ1) is 8.70. The minimum absolute atomic E-state index is 0.1000. The van der Waals surface area contributed by atoms with Gasteiger partial charge in [-0.2, -0.15) is 0 Å². The number of halogens is 1. The van der Waals surface area contributed by atoms with Gasteiger partial charge in [0.05, 0.1) is 0 Å². The van der Waals surface area contributed by atoms with Gasteiger partial charge in [-0.3, -0.25) is 0 Å². The molecule has 2 fully saturated rings. The molecule has 0 heterocycles. The van der Waals surface area contributed by atoms with E-state index in [0.717, 1.165) is 11.3 Å². The SMILES string of the molecule is Cc1ccc(NC2CCC23CCCCC3)cc1F. The van der Waals surface area contributed by atoms with Crippen LogP contribution in [0, 0.1) is 18.2 Å². The Morgan fingerprint density at radius 2 is 1.94 bits per heavy atom. The Morgan fingerprint density at radius 1 is 1.17 bits per heavy atom. The van der Waals surface area contributed by atoms with Gasteiger partial charge >= 0.3 is 0 Å². The molecule has 18 heavy (non-hydrogen) atoms. The molecule has 0 radical (unpaired) electrons. The lowest BCUT2D eigenvalue weighted by atomic mass is 9.57. The van der Waals surface area contributed by atoms with E-state index < -0.39 is 0 Å². The summed E-state index contributed by atoms with van der Waals surface area (Å²) in [5.74, 6) is -0.1000. The smallest absolute Gasteiger partial charge is 0.128 e. The number of hydrogen-bond donors (Lipinski definition) is 1. The average molecular weight is 247 g/mol. The molecule has 0 amide bonds. The lowest BCUT2D eigenvalue weighted by molar-refractivity contribution is 0.0571. The summed E-state index contributed by atoms with van der Waals surface area (Å²) in [5.41, 5.74) is 2.20. The Bertz CT molecular complexity index is 435. The molecule has 0 aromatic heterocycles. The van der Waals surface area contributed by atoms with Crippen molar-refractivity contribution in [2.24, 2.45) is 5.41 Å². The fraction of sp³-hybridized carbons (Fsp3) is 0.625. The molecule has 1 aromatic rings. The number of hydrogen-bond acceptors (Lipinski definition) is 1. The van der Waals surface area contributed by atoms with Crippen molar-refractivity contribution < 1.29 is 4.39 Å². The minimum Gasteiger partial charge on any atom is -0.382 e. The Kier molecular flexibility index (Phi) is 3.04. The maximum Gasteiger partial charge on any atom is 0.128 e. The van der Waals surface area contributed by atoms with Crippen LogP contribution in [0.15, 0.2) is 18.2 Å². The van der Waals surface area contributed by atoms with Gasteiger partial charge in [0.2, 0.25) is 0 Å². The van der Waals surface area contributed by atoms with Gasteiger partial charge in [-0.25, -0.2) is 4.39 Å². The second kappa shape index (κ2) is 4.56. The number of rotatable bonds is 2. The summed E-state index contributed by atoms with van der Waals surface area (Å²) in [6, 6.07) is 6.08. The van der Waals surface area contributed by atoms with Crippen LogP contribution in [-0.2, 0) is 0 Å². The molecule has 2 heteroatoms. The molecule has 1 aromatic carbocycles. The van der Waals surface area contributed by atoms with E-state index in [1.807, 2.05) is 19.1 Å². The highest BCUT2D eigenvalue weighted by atomic mass is 19.1. The predicted molar refractivity (Wildman–Crippen MR) is 73.3 cm³/mol. The average Bonchev–Trinajstić information content (AvgIpc) is 2.40. The Hall–Kier alpha value is -1.05. The molecule has 1 N–H and O–H groups in total. The van der Waals surface area contributed by atoms with Crippen molar-refractivity contribution in [1.29, 1.82) is 0 Å². The molecule has 2 aliphatic carbocycles. The van der Waals surface area contributed by atoms with Crippen molar-refractivity contribution in [3.05, 3.63) is 29.6 Å². The van der Waals surface area contributed by atoms with E-state index in [4.69, 9.17) is 0 Å². The molecule has 1 spiro atoms. The highest BCUT2D eigenvalue weighted by molar-refractivity contribution is 5.47. The fourth-order valence-electron chi connectivity index (χ4n) is 3.66. The molecule has 1 atom stereocenters. The summed E-state index contributed by atoms with van der Waals surface area (Å²) in [7, 11) is 0. The number of nitrogens with one attached hydrogen (secondary N) is 1. The summed E-state index contributed by atoms with van der Waals surface area (Å²) in [5, 5.41) is 3.57. The monoisotopic (exact) mass is 247 g/mol. The van der Waals surface area contributed by atoms with E-state index in [1.54, 1.807) is 6.07 Å². The standard InChI is InChI=1S/C16H22FN/c1-12-5-6-13(11-14(12)17)18-15-7-10-16(15)8-3-2-4-9-16/h5-6,11,15,18H,2-4,7-10H2,1H3. The number of anilines is 1. The summed E-state index contributed by atoms with van der Waals surface area (Å²) in [6.45, 7) is 1.81. The van der Waals surface area contributed by atoms with E-state index in [1.165, 1.54) is 44.9 Å². The van der Waals surface area contributed by atoms with Crippen molar-refractivity contribution in [3.63, 3.8) is 0 Å². The van der Waals surface area contributed by atoms with Crippen molar-refractivity contribution >= 4 is 5.69 Å². The Labute approximate surface area is 109 Å². The summed E-state index contributed by atoms with van der Waals surface area (Å²) >= 11 is 0. The fourth-order valence-corrected chi connectivity index (χ4v) is 3.66. The van der Waals surface area contributed by atoms with Crippen LogP contribution < -0.4 is 5.32 Å². The molecule has 0 aliphatic heterocycles. The van der Waals surface area contributed by atoms with Crippen LogP contribution in [0.1, 0.15) is 50.5 Å². The van der Waals surface area contributed by atoms with Crippen LogP contribution in [0.5, 0.6) is 0 Å². The van der Waals surface area contributed by atoms with Gasteiger partial charge < -0.3 is 5.32 Å². The molecular weight excluding hydrogens is 225 g/mol. The van der Waals surface area contributed by atoms with E-state index in [-0.39, 0.29) is 5.82 Å². The maximum atomic E-state index is 13.5. The Morgan fingerprint density at radius 3 is 2.56 bits per heavy atom. The highest BCUT2D eigenvalue weighted by Crippen LogP contribution is 2.52. The second-order valence-corrected chi connectivity index (χ2v) is 6.12. The van der Waals surface area contributed by atoms with E-state index in [2.05, 4.69) is 5.32 Å². The van der Waals surface area contributed by atoms with E-state index in [9.17, 15) is 4.39 Å². The van der Waals surface area contributed by atoms with Gasteiger partial charge in [-0.1, -0.05) is 25.3 Å². The molecule has 2 saturated carbocycles. The molecule has 0 saturated heterocycles. The van der Waals surface area contributed by atoms with Gasteiger partial charge in [-0.15, -0.1) is 0 Å². The third kappa shape index (κ3) is 2.02. The normalized spacial score (nSPS) is 25.8. The zero-order chi connectivity index (χ0) is 12.6. The molecule has 2 aliphatic rings. The third-order valence-corrected chi connectivity index (χ3v) is 5.03. The van der Waals surface area contributed by atoms with Crippen LogP contribution in [0.25, 0.3) is 0 Å². The van der Waals surface area contributed by atoms with Crippen LogP contribution in [-0.4, -0.2) is 6.04 Å². The molecule has 1 nitrogen and oxygen atoms in total. The minimum atomic E-state index is -0.1000. The quantitative estimate of drug-likeness (QED) is 0.801. The topological polar surface area (TPSA) is 12.0 Å². The van der Waals surface area contributed by atoms with Crippen LogP contribution in [0.3, 0.4) is 0 Å². The summed E-state index contributed by atoms with van der Waals surface area (Å²) < 4.78 is 13.5. The summed E-state index contributed by atoms with van der Waals surface area (Å²) in [4.78, 5) is 0. The molecule has 1 unspecified atom stereocenters. The van der Waals surface area contributed by atoms with Gasteiger partial charge in [0, 0.05) is 11.7 Å². The Balaban J connectivity index is 1.70. The van der Waals surface area contributed by atoms with E-state index in [0.29, 0.717) is 11.5 Å². The molecule has 3 rings (SSSR count). The number of aryl methyl sites for hydroxylation is 1. The van der Waals surface area contributed by atoms with Gasteiger partial charge in [-0.05, 0) is 55.7 Å². The zero-order valence-corrected chi connectivity index (χ0v) is 11.1. The third-order valence-electron chi connectivity index (χ3n) is 5.03. The summed E-state index contributed by atoms with van der Waals surface area (Å²) in [6.07, 6.45) is 9.47. The second-order valence-electron chi connectivity index (χ2n) is 6.12. The first-order valence-corrected chi connectivity index (χ1v) is 7.22. The number of benzene rings is 1. The first kappa shape index (κ1) is 12.0. The lowest BCUT2D eigenvalue weighted by Gasteiger charge is -2.52. The van der Waals surface area contributed by atoms with Gasteiger partial charge in [0.25, 0.3) is 0 Å². The predicted octanol–water partition coefficient (Wildman–Crippen LogP) is 4.66. The zero-order valence-electron chi connectivity index (χ0n) is 11.1. The van der Waals surface area contributed by atoms with Crippen LogP contribution >= 0.6 is 0 Å². The van der Waals surface area contributed by atoms with Crippen LogP contribution in [0.4, 0.5) is 10.1 Å². The molecular formula is C16H22FN. The van der Waals surface area contributed by atoms with Crippen molar-refractivity contribution in [1.82, 2.24) is 0 Å². The molecule has 0 bridgehead atoms. The van der Waals surface area contributed by atoms with Crippen molar-refractivity contribution in [2.75, 3.05) is 5.32 Å². The molecule has 98 valence electrons. The largest absolute Gasteiger partial charge is 0.382 e. The van der Waals surface area contributed by atoms with Crippen molar-refractivity contribution in [3.8, 4) is 0 Å². The lowest BCUT2D eigenvalue weighted by Crippen LogP contribution is -2.50. The van der Waals surface area contributed by atoms with Gasteiger partial charge in [0.15, 0.2) is 0 Å². The van der Waals surface area contributed by atoms with Gasteiger partial charge in [0.1, 0.15) is 5.82 Å². The maximum absolute atomic E-state index is 13.5.